The van der Waals surface area contributed by atoms with Gasteiger partial charge in [-0.3, -0.25) is 4.79 Å². The molecule has 1 rings (SSSR count). The quantitative estimate of drug-likeness (QED) is 0.795. The van der Waals surface area contributed by atoms with Crippen LogP contribution in [0.4, 0.5) is 0 Å². The summed E-state index contributed by atoms with van der Waals surface area (Å²) in [6, 6.07) is 0.205. The SMILES string of the molecule is CC(N)C(=O)NCC1CCCN(C(C)C)C1.Cl. The van der Waals surface area contributed by atoms with Gasteiger partial charge in [0.05, 0.1) is 6.04 Å². The van der Waals surface area contributed by atoms with E-state index < -0.39 is 6.04 Å². The molecule has 1 saturated heterocycles. The Morgan fingerprint density at radius 3 is 2.65 bits per heavy atom. The molecule has 2 unspecified atom stereocenters. The summed E-state index contributed by atoms with van der Waals surface area (Å²) in [5, 5.41) is 2.92. The van der Waals surface area contributed by atoms with Gasteiger partial charge < -0.3 is 16.0 Å². The number of rotatable bonds is 4. The Labute approximate surface area is 111 Å². The van der Waals surface area contributed by atoms with Gasteiger partial charge in [0.15, 0.2) is 0 Å². The van der Waals surface area contributed by atoms with Gasteiger partial charge in [-0.2, -0.15) is 0 Å². The number of hydrogen-bond acceptors (Lipinski definition) is 3. The fourth-order valence-electron chi connectivity index (χ4n) is 2.14. The van der Waals surface area contributed by atoms with E-state index in [0.717, 1.165) is 13.1 Å². The molecule has 0 saturated carbocycles. The molecule has 1 amide bonds. The Morgan fingerprint density at radius 1 is 1.47 bits per heavy atom. The van der Waals surface area contributed by atoms with Crippen LogP contribution in [-0.2, 0) is 4.79 Å². The molecule has 0 radical (unpaired) electrons. The van der Waals surface area contributed by atoms with Crippen LogP contribution in [0.1, 0.15) is 33.6 Å². The molecule has 3 N–H and O–H groups in total. The van der Waals surface area contributed by atoms with E-state index in [2.05, 4.69) is 24.1 Å². The van der Waals surface area contributed by atoms with E-state index in [1.165, 1.54) is 19.4 Å². The Bertz CT molecular complexity index is 234. The maximum atomic E-state index is 11.4. The summed E-state index contributed by atoms with van der Waals surface area (Å²) in [4.78, 5) is 13.8. The predicted octanol–water partition coefficient (Wildman–Crippen LogP) is 0.992. The highest BCUT2D eigenvalue weighted by atomic mass is 35.5. The van der Waals surface area contributed by atoms with Crippen molar-refractivity contribution in [3.05, 3.63) is 0 Å². The summed E-state index contributed by atoms with van der Waals surface area (Å²) in [7, 11) is 0. The number of nitrogens with two attached hydrogens (primary N) is 1. The van der Waals surface area contributed by atoms with E-state index in [-0.39, 0.29) is 18.3 Å². The number of piperidine rings is 1. The van der Waals surface area contributed by atoms with Gasteiger partial charge in [-0.1, -0.05) is 0 Å². The Kier molecular flexibility index (Phi) is 7.75. The van der Waals surface area contributed by atoms with E-state index in [1.807, 2.05) is 0 Å². The van der Waals surface area contributed by atoms with Gasteiger partial charge in [0, 0.05) is 19.1 Å². The van der Waals surface area contributed by atoms with Crippen LogP contribution in [0.5, 0.6) is 0 Å². The molecule has 4 nitrogen and oxygen atoms in total. The summed E-state index contributed by atoms with van der Waals surface area (Å²) < 4.78 is 0. The smallest absolute Gasteiger partial charge is 0.236 e. The van der Waals surface area contributed by atoms with Crippen LogP contribution in [0.25, 0.3) is 0 Å². The number of hydrogen-bond donors (Lipinski definition) is 2. The van der Waals surface area contributed by atoms with Crippen molar-refractivity contribution in [1.29, 1.82) is 0 Å². The van der Waals surface area contributed by atoms with Crippen molar-refractivity contribution in [3.8, 4) is 0 Å². The Morgan fingerprint density at radius 2 is 2.12 bits per heavy atom. The molecule has 0 aromatic carbocycles. The van der Waals surface area contributed by atoms with Crippen LogP contribution in [0, 0.1) is 5.92 Å². The van der Waals surface area contributed by atoms with E-state index in [4.69, 9.17) is 5.73 Å². The highest BCUT2D eigenvalue weighted by Gasteiger charge is 2.22. The molecular weight excluding hydrogens is 238 g/mol. The lowest BCUT2D eigenvalue weighted by Gasteiger charge is -2.35. The first-order valence-electron chi connectivity index (χ1n) is 6.28. The van der Waals surface area contributed by atoms with Crippen molar-refractivity contribution in [3.63, 3.8) is 0 Å². The molecule has 5 heteroatoms. The second-order valence-electron chi connectivity index (χ2n) is 5.13. The lowest BCUT2D eigenvalue weighted by Crippen LogP contribution is -2.46. The molecule has 1 fully saturated rings. The van der Waals surface area contributed by atoms with Gasteiger partial charge in [0.2, 0.25) is 5.91 Å². The maximum Gasteiger partial charge on any atom is 0.236 e. The summed E-state index contributed by atoms with van der Waals surface area (Å²) in [5.41, 5.74) is 5.50. The number of carbonyl (C=O) groups excluding carboxylic acids is 1. The minimum Gasteiger partial charge on any atom is -0.354 e. The zero-order valence-electron chi connectivity index (χ0n) is 11.1. The highest BCUT2D eigenvalue weighted by molar-refractivity contribution is 5.85. The molecule has 17 heavy (non-hydrogen) atoms. The van der Waals surface area contributed by atoms with Crippen molar-refractivity contribution in [1.82, 2.24) is 10.2 Å². The topological polar surface area (TPSA) is 58.4 Å². The maximum absolute atomic E-state index is 11.4. The molecule has 1 heterocycles. The molecule has 0 bridgehead atoms. The zero-order valence-corrected chi connectivity index (χ0v) is 11.9. The third-order valence-electron chi connectivity index (χ3n) is 3.26. The molecule has 102 valence electrons. The minimum atomic E-state index is -0.398. The van der Waals surface area contributed by atoms with Crippen molar-refractivity contribution in [2.75, 3.05) is 19.6 Å². The molecule has 1 aliphatic heterocycles. The number of amides is 1. The van der Waals surface area contributed by atoms with Gasteiger partial charge in [-0.15, -0.1) is 12.4 Å². The van der Waals surface area contributed by atoms with Crippen LogP contribution >= 0.6 is 12.4 Å². The third kappa shape index (κ3) is 5.70. The van der Waals surface area contributed by atoms with Crippen molar-refractivity contribution < 1.29 is 4.79 Å². The molecule has 0 aliphatic carbocycles. The molecule has 0 aromatic rings. The van der Waals surface area contributed by atoms with E-state index in [0.29, 0.717) is 12.0 Å². The number of carbonyl (C=O) groups is 1. The zero-order chi connectivity index (χ0) is 12.1. The second kappa shape index (κ2) is 7.90. The fourth-order valence-corrected chi connectivity index (χ4v) is 2.14. The number of nitrogens with one attached hydrogen (secondary N) is 1. The van der Waals surface area contributed by atoms with Crippen LogP contribution in [0.15, 0.2) is 0 Å². The number of likely N-dealkylation sites (tertiary alicyclic amines) is 1. The summed E-state index contributed by atoms with van der Waals surface area (Å²) in [6.07, 6.45) is 2.44. The summed E-state index contributed by atoms with van der Waals surface area (Å²) >= 11 is 0. The first-order chi connectivity index (χ1) is 7.50. The van der Waals surface area contributed by atoms with Crippen molar-refractivity contribution >= 4 is 18.3 Å². The fraction of sp³-hybridized carbons (Fsp3) is 0.917. The molecule has 2 atom stereocenters. The Balaban J connectivity index is 0.00000256. The van der Waals surface area contributed by atoms with E-state index >= 15 is 0 Å². The minimum absolute atomic E-state index is 0. The Hall–Kier alpha value is -0.320. The molecule has 0 aromatic heterocycles. The predicted molar refractivity (Wildman–Crippen MR) is 73.3 cm³/mol. The van der Waals surface area contributed by atoms with Gasteiger partial charge in [0.25, 0.3) is 0 Å². The van der Waals surface area contributed by atoms with Crippen LogP contribution in [0.3, 0.4) is 0 Å². The normalized spacial score (nSPS) is 23.0. The first kappa shape index (κ1) is 16.7. The summed E-state index contributed by atoms with van der Waals surface area (Å²) in [6.45, 7) is 9.22. The summed E-state index contributed by atoms with van der Waals surface area (Å²) in [5.74, 6) is 0.542. The van der Waals surface area contributed by atoms with Crippen LogP contribution in [-0.4, -0.2) is 42.5 Å². The lowest BCUT2D eigenvalue weighted by atomic mass is 9.97. The second-order valence-corrected chi connectivity index (χ2v) is 5.13. The van der Waals surface area contributed by atoms with E-state index in [9.17, 15) is 4.79 Å². The first-order valence-corrected chi connectivity index (χ1v) is 6.28. The molecule has 0 spiro atoms. The molecule has 1 aliphatic rings. The largest absolute Gasteiger partial charge is 0.354 e. The number of nitrogens with zero attached hydrogens (tertiary/aromatic N) is 1. The number of halogens is 1. The van der Waals surface area contributed by atoms with Crippen molar-refractivity contribution in [2.45, 2.75) is 45.7 Å². The molecular formula is C12H26ClN3O. The van der Waals surface area contributed by atoms with Crippen molar-refractivity contribution in [2.24, 2.45) is 11.7 Å². The van der Waals surface area contributed by atoms with E-state index in [1.54, 1.807) is 6.92 Å². The van der Waals surface area contributed by atoms with Gasteiger partial charge >= 0.3 is 0 Å². The average molecular weight is 264 g/mol. The van der Waals surface area contributed by atoms with Gasteiger partial charge in [0.1, 0.15) is 0 Å². The lowest BCUT2D eigenvalue weighted by molar-refractivity contribution is -0.122. The van der Waals surface area contributed by atoms with Gasteiger partial charge in [-0.05, 0) is 46.1 Å². The van der Waals surface area contributed by atoms with Crippen LogP contribution in [0.2, 0.25) is 0 Å². The highest BCUT2D eigenvalue weighted by Crippen LogP contribution is 2.17. The third-order valence-corrected chi connectivity index (χ3v) is 3.26. The van der Waals surface area contributed by atoms with Crippen LogP contribution < -0.4 is 11.1 Å². The monoisotopic (exact) mass is 263 g/mol. The standard InChI is InChI=1S/C12H25N3O.ClH/c1-9(2)15-6-4-5-11(8-15)7-14-12(16)10(3)13;/h9-11H,4-8,13H2,1-3H3,(H,14,16);1H. The van der Waals surface area contributed by atoms with Gasteiger partial charge in [-0.25, -0.2) is 0 Å². The average Bonchev–Trinajstić information content (AvgIpc) is 2.26.